The van der Waals surface area contributed by atoms with E-state index in [2.05, 4.69) is 0 Å². The molecule has 3 rings (SSSR count). The van der Waals surface area contributed by atoms with E-state index in [0.717, 1.165) is 5.56 Å². The molecule has 0 aliphatic heterocycles. The SMILES string of the molecule is COc1cc(OC)cc(-c2cc3c(O)cccc3o2)c1. The number of aromatic hydroxyl groups is 1. The molecule has 0 aliphatic carbocycles. The highest BCUT2D eigenvalue weighted by Crippen LogP contribution is 2.35. The Morgan fingerprint density at radius 2 is 1.65 bits per heavy atom. The maximum Gasteiger partial charge on any atom is 0.138 e. The first-order chi connectivity index (χ1) is 9.71. The quantitative estimate of drug-likeness (QED) is 0.786. The summed E-state index contributed by atoms with van der Waals surface area (Å²) in [5.41, 5.74) is 1.47. The van der Waals surface area contributed by atoms with E-state index < -0.39 is 0 Å². The molecule has 0 radical (unpaired) electrons. The second-order valence-electron chi connectivity index (χ2n) is 4.40. The van der Waals surface area contributed by atoms with Crippen molar-refractivity contribution in [3.63, 3.8) is 0 Å². The third-order valence-corrected chi connectivity index (χ3v) is 3.17. The Labute approximate surface area is 116 Å². The molecule has 0 bridgehead atoms. The van der Waals surface area contributed by atoms with Gasteiger partial charge < -0.3 is 19.0 Å². The van der Waals surface area contributed by atoms with Crippen molar-refractivity contribution >= 4 is 11.0 Å². The minimum Gasteiger partial charge on any atom is -0.507 e. The lowest BCUT2D eigenvalue weighted by Gasteiger charge is -2.06. The summed E-state index contributed by atoms with van der Waals surface area (Å²) in [5.74, 6) is 2.22. The molecular formula is C16H14O4. The Hall–Kier alpha value is -2.62. The Balaban J connectivity index is 2.17. The minimum absolute atomic E-state index is 0.201. The predicted molar refractivity (Wildman–Crippen MR) is 76.4 cm³/mol. The zero-order chi connectivity index (χ0) is 14.1. The maximum atomic E-state index is 9.82. The summed E-state index contributed by atoms with van der Waals surface area (Å²) in [7, 11) is 3.20. The second kappa shape index (κ2) is 4.81. The van der Waals surface area contributed by atoms with Crippen molar-refractivity contribution in [1.82, 2.24) is 0 Å². The Morgan fingerprint density at radius 1 is 0.950 bits per heavy atom. The highest BCUT2D eigenvalue weighted by Gasteiger charge is 2.11. The van der Waals surface area contributed by atoms with E-state index in [-0.39, 0.29) is 5.75 Å². The lowest BCUT2D eigenvalue weighted by atomic mass is 10.1. The lowest BCUT2D eigenvalue weighted by molar-refractivity contribution is 0.394. The number of ether oxygens (including phenoxy) is 2. The number of hydrogen-bond donors (Lipinski definition) is 1. The van der Waals surface area contributed by atoms with E-state index in [9.17, 15) is 5.11 Å². The molecule has 0 saturated heterocycles. The Kier molecular flexibility index (Phi) is 2.99. The van der Waals surface area contributed by atoms with Gasteiger partial charge >= 0.3 is 0 Å². The standard InChI is InChI=1S/C16H14O4/c1-18-11-6-10(7-12(8-11)19-2)16-9-13-14(17)4-3-5-15(13)20-16/h3-9,17H,1-2H3. The van der Waals surface area contributed by atoms with Gasteiger partial charge in [-0.1, -0.05) is 6.07 Å². The van der Waals surface area contributed by atoms with Gasteiger partial charge in [-0.2, -0.15) is 0 Å². The van der Waals surface area contributed by atoms with Crippen LogP contribution in [0.2, 0.25) is 0 Å². The fraction of sp³-hybridized carbons (Fsp3) is 0.125. The topological polar surface area (TPSA) is 51.8 Å². The summed E-state index contributed by atoms with van der Waals surface area (Å²) in [6.45, 7) is 0. The molecule has 4 heteroatoms. The van der Waals surface area contributed by atoms with Crippen LogP contribution in [0.5, 0.6) is 17.2 Å². The molecule has 3 aromatic rings. The third-order valence-electron chi connectivity index (χ3n) is 3.17. The van der Waals surface area contributed by atoms with Crippen LogP contribution in [0.15, 0.2) is 46.9 Å². The van der Waals surface area contributed by atoms with Crippen molar-refractivity contribution in [3.8, 4) is 28.6 Å². The number of phenols is 1. The summed E-state index contributed by atoms with van der Waals surface area (Å²) in [5, 5.41) is 10.5. The van der Waals surface area contributed by atoms with E-state index in [1.807, 2.05) is 18.2 Å². The van der Waals surface area contributed by atoms with Crippen molar-refractivity contribution in [1.29, 1.82) is 0 Å². The van der Waals surface area contributed by atoms with E-state index in [0.29, 0.717) is 28.2 Å². The van der Waals surface area contributed by atoms with E-state index in [1.54, 1.807) is 38.5 Å². The molecule has 0 fully saturated rings. The van der Waals surface area contributed by atoms with Gasteiger partial charge in [0.05, 0.1) is 19.6 Å². The summed E-state index contributed by atoms with van der Waals surface area (Å²) in [4.78, 5) is 0. The molecular weight excluding hydrogens is 256 g/mol. The fourth-order valence-electron chi connectivity index (χ4n) is 2.14. The molecule has 0 spiro atoms. The average Bonchev–Trinajstić information content (AvgIpc) is 2.92. The van der Waals surface area contributed by atoms with Gasteiger partial charge in [0.1, 0.15) is 28.6 Å². The van der Waals surface area contributed by atoms with Crippen molar-refractivity contribution in [2.24, 2.45) is 0 Å². The van der Waals surface area contributed by atoms with E-state index >= 15 is 0 Å². The minimum atomic E-state index is 0.201. The van der Waals surface area contributed by atoms with Gasteiger partial charge in [0, 0.05) is 11.6 Å². The molecule has 102 valence electrons. The van der Waals surface area contributed by atoms with Gasteiger partial charge in [0.25, 0.3) is 0 Å². The van der Waals surface area contributed by atoms with E-state index in [1.165, 1.54) is 0 Å². The molecule has 4 nitrogen and oxygen atoms in total. The molecule has 0 saturated carbocycles. The molecule has 1 heterocycles. The lowest BCUT2D eigenvalue weighted by Crippen LogP contribution is -1.88. The number of furan rings is 1. The Bertz CT molecular complexity index is 736. The van der Waals surface area contributed by atoms with Gasteiger partial charge in [-0.3, -0.25) is 0 Å². The van der Waals surface area contributed by atoms with Crippen molar-refractivity contribution < 1.29 is 19.0 Å². The van der Waals surface area contributed by atoms with Crippen LogP contribution >= 0.6 is 0 Å². The summed E-state index contributed by atoms with van der Waals surface area (Å²) >= 11 is 0. The first-order valence-corrected chi connectivity index (χ1v) is 6.16. The van der Waals surface area contributed by atoms with Gasteiger partial charge in [-0.25, -0.2) is 0 Å². The monoisotopic (exact) mass is 270 g/mol. The van der Waals surface area contributed by atoms with Crippen LogP contribution in [0.25, 0.3) is 22.3 Å². The van der Waals surface area contributed by atoms with Crippen molar-refractivity contribution in [3.05, 3.63) is 42.5 Å². The van der Waals surface area contributed by atoms with Crippen molar-refractivity contribution in [2.75, 3.05) is 14.2 Å². The first-order valence-electron chi connectivity index (χ1n) is 6.16. The number of benzene rings is 2. The number of methoxy groups -OCH3 is 2. The van der Waals surface area contributed by atoms with Gasteiger partial charge in [0.15, 0.2) is 0 Å². The fourth-order valence-corrected chi connectivity index (χ4v) is 2.14. The largest absolute Gasteiger partial charge is 0.507 e. The molecule has 0 aliphatic rings. The maximum absolute atomic E-state index is 9.82. The van der Waals surface area contributed by atoms with Crippen LogP contribution in [0, 0.1) is 0 Å². The van der Waals surface area contributed by atoms with Gasteiger partial charge in [-0.05, 0) is 30.3 Å². The van der Waals surface area contributed by atoms with Gasteiger partial charge in [-0.15, -0.1) is 0 Å². The molecule has 0 amide bonds. The van der Waals surface area contributed by atoms with Crippen molar-refractivity contribution in [2.45, 2.75) is 0 Å². The molecule has 0 unspecified atom stereocenters. The van der Waals surface area contributed by atoms with Crippen LogP contribution in [0.1, 0.15) is 0 Å². The Morgan fingerprint density at radius 3 is 2.25 bits per heavy atom. The summed E-state index contributed by atoms with van der Waals surface area (Å²) in [6, 6.07) is 12.5. The van der Waals surface area contributed by atoms with Crippen LogP contribution in [-0.4, -0.2) is 19.3 Å². The van der Waals surface area contributed by atoms with Gasteiger partial charge in [0.2, 0.25) is 0 Å². The molecule has 0 atom stereocenters. The first kappa shape index (κ1) is 12.4. The number of rotatable bonds is 3. The van der Waals surface area contributed by atoms with Crippen LogP contribution in [0.4, 0.5) is 0 Å². The molecule has 1 N–H and O–H groups in total. The number of phenolic OH excluding ortho intramolecular Hbond substituents is 1. The summed E-state index contributed by atoms with van der Waals surface area (Å²) in [6.07, 6.45) is 0. The van der Waals surface area contributed by atoms with E-state index in [4.69, 9.17) is 13.9 Å². The zero-order valence-corrected chi connectivity index (χ0v) is 11.2. The molecule has 2 aromatic carbocycles. The highest BCUT2D eigenvalue weighted by atomic mass is 16.5. The molecule has 20 heavy (non-hydrogen) atoms. The van der Waals surface area contributed by atoms with Crippen LogP contribution < -0.4 is 9.47 Å². The molecule has 1 aromatic heterocycles. The average molecular weight is 270 g/mol. The smallest absolute Gasteiger partial charge is 0.138 e. The second-order valence-corrected chi connectivity index (χ2v) is 4.40. The highest BCUT2D eigenvalue weighted by molar-refractivity contribution is 5.88. The number of hydrogen-bond acceptors (Lipinski definition) is 4. The van der Waals surface area contributed by atoms with Crippen LogP contribution in [-0.2, 0) is 0 Å². The van der Waals surface area contributed by atoms with Crippen LogP contribution in [0.3, 0.4) is 0 Å². The zero-order valence-electron chi connectivity index (χ0n) is 11.2. The third kappa shape index (κ3) is 2.05. The summed E-state index contributed by atoms with van der Waals surface area (Å²) < 4.78 is 16.3. The normalized spacial score (nSPS) is 10.7. The number of fused-ring (bicyclic) bond motifs is 1. The predicted octanol–water partition coefficient (Wildman–Crippen LogP) is 3.82.